The van der Waals surface area contributed by atoms with Gasteiger partial charge >= 0.3 is 0 Å². The maximum absolute atomic E-state index is 14.2. The summed E-state index contributed by atoms with van der Waals surface area (Å²) in [6.45, 7) is 0. The number of benzene rings is 1. The SMILES string of the molecule is Cn1ccnc1-c1noc(N)c1-c1cccc(Cl)c1F. The van der Waals surface area contributed by atoms with Gasteiger partial charge in [0.15, 0.2) is 11.5 Å². The topological polar surface area (TPSA) is 69.9 Å². The molecule has 0 saturated heterocycles. The monoisotopic (exact) mass is 292 g/mol. The highest BCUT2D eigenvalue weighted by Crippen LogP contribution is 2.38. The van der Waals surface area contributed by atoms with Gasteiger partial charge < -0.3 is 14.8 Å². The molecular formula is C13H10ClFN4O. The Kier molecular flexibility index (Phi) is 2.94. The molecule has 0 aliphatic rings. The van der Waals surface area contributed by atoms with Crippen molar-refractivity contribution in [2.45, 2.75) is 0 Å². The highest BCUT2D eigenvalue weighted by molar-refractivity contribution is 6.31. The first kappa shape index (κ1) is 12.7. The van der Waals surface area contributed by atoms with E-state index in [9.17, 15) is 4.39 Å². The van der Waals surface area contributed by atoms with Crippen molar-refractivity contribution in [2.24, 2.45) is 7.05 Å². The molecule has 7 heteroatoms. The van der Waals surface area contributed by atoms with E-state index in [4.69, 9.17) is 21.9 Å². The molecule has 3 rings (SSSR count). The Morgan fingerprint density at radius 1 is 1.40 bits per heavy atom. The van der Waals surface area contributed by atoms with E-state index < -0.39 is 5.82 Å². The molecule has 0 radical (unpaired) electrons. The van der Waals surface area contributed by atoms with Crippen molar-refractivity contribution in [3.63, 3.8) is 0 Å². The summed E-state index contributed by atoms with van der Waals surface area (Å²) in [6, 6.07) is 4.66. The van der Waals surface area contributed by atoms with Crippen molar-refractivity contribution in [2.75, 3.05) is 5.73 Å². The Labute approximate surface area is 118 Å². The molecule has 2 N–H and O–H groups in total. The molecule has 0 fully saturated rings. The van der Waals surface area contributed by atoms with Gasteiger partial charge in [-0.3, -0.25) is 0 Å². The fourth-order valence-corrected chi connectivity index (χ4v) is 2.18. The summed E-state index contributed by atoms with van der Waals surface area (Å²) >= 11 is 5.80. The number of hydrogen-bond acceptors (Lipinski definition) is 4. The lowest BCUT2D eigenvalue weighted by Gasteiger charge is -2.05. The number of halogens is 2. The second-order valence-corrected chi connectivity index (χ2v) is 4.64. The summed E-state index contributed by atoms with van der Waals surface area (Å²) in [5.41, 5.74) is 6.72. The number of nitrogens with zero attached hydrogens (tertiary/aromatic N) is 3. The van der Waals surface area contributed by atoms with Crippen LogP contribution in [-0.2, 0) is 7.05 Å². The van der Waals surface area contributed by atoms with Gasteiger partial charge in [0.2, 0.25) is 5.88 Å². The zero-order valence-corrected chi connectivity index (χ0v) is 11.2. The van der Waals surface area contributed by atoms with Gasteiger partial charge in [0.1, 0.15) is 5.82 Å². The van der Waals surface area contributed by atoms with Crippen LogP contribution in [0.1, 0.15) is 0 Å². The predicted octanol–water partition coefficient (Wildman–Crippen LogP) is 3.12. The number of nitrogens with two attached hydrogens (primary N) is 1. The number of hydrogen-bond donors (Lipinski definition) is 1. The van der Waals surface area contributed by atoms with Crippen molar-refractivity contribution in [1.82, 2.24) is 14.7 Å². The lowest BCUT2D eigenvalue weighted by Crippen LogP contribution is -1.96. The van der Waals surface area contributed by atoms with Crippen LogP contribution < -0.4 is 5.73 Å². The molecule has 20 heavy (non-hydrogen) atoms. The minimum Gasteiger partial charge on any atom is -0.367 e. The fraction of sp³-hybridized carbons (Fsp3) is 0.0769. The highest BCUT2D eigenvalue weighted by Gasteiger charge is 2.23. The summed E-state index contributed by atoms with van der Waals surface area (Å²) < 4.78 is 20.9. The normalized spacial score (nSPS) is 10.9. The first-order valence-electron chi connectivity index (χ1n) is 5.77. The molecule has 0 amide bonds. The minimum absolute atomic E-state index is 0.00823. The predicted molar refractivity (Wildman–Crippen MR) is 73.5 cm³/mol. The van der Waals surface area contributed by atoms with Crippen LogP contribution in [0.4, 0.5) is 10.3 Å². The van der Waals surface area contributed by atoms with Crippen LogP contribution in [0.5, 0.6) is 0 Å². The Bertz CT molecular complexity index is 781. The zero-order chi connectivity index (χ0) is 14.3. The molecule has 1 aromatic carbocycles. The van der Waals surface area contributed by atoms with E-state index in [2.05, 4.69) is 10.1 Å². The maximum atomic E-state index is 14.2. The summed E-state index contributed by atoms with van der Waals surface area (Å²) in [5.74, 6) is -0.0245. The Morgan fingerprint density at radius 3 is 2.90 bits per heavy atom. The molecule has 0 aliphatic heterocycles. The molecule has 0 atom stereocenters. The molecule has 0 aliphatic carbocycles. The van der Waals surface area contributed by atoms with E-state index in [1.165, 1.54) is 6.07 Å². The van der Waals surface area contributed by atoms with Crippen LogP contribution in [0.3, 0.4) is 0 Å². The minimum atomic E-state index is -0.570. The Balaban J connectivity index is 2.27. The number of anilines is 1. The number of rotatable bonds is 2. The molecule has 102 valence electrons. The lowest BCUT2D eigenvalue weighted by molar-refractivity contribution is 0.438. The smallest absolute Gasteiger partial charge is 0.230 e. The quantitative estimate of drug-likeness (QED) is 0.788. The highest BCUT2D eigenvalue weighted by atomic mass is 35.5. The second kappa shape index (κ2) is 4.64. The number of nitrogen functional groups attached to an aromatic ring is 1. The van der Waals surface area contributed by atoms with Crippen molar-refractivity contribution in [1.29, 1.82) is 0 Å². The number of imidazole rings is 1. The van der Waals surface area contributed by atoms with Crippen LogP contribution in [0.25, 0.3) is 22.6 Å². The zero-order valence-electron chi connectivity index (χ0n) is 10.5. The largest absolute Gasteiger partial charge is 0.367 e. The Morgan fingerprint density at radius 2 is 2.20 bits per heavy atom. The van der Waals surface area contributed by atoms with Crippen LogP contribution in [0, 0.1) is 5.82 Å². The second-order valence-electron chi connectivity index (χ2n) is 4.23. The number of aromatic nitrogens is 3. The van der Waals surface area contributed by atoms with Crippen molar-refractivity contribution in [3.8, 4) is 22.6 Å². The third-order valence-electron chi connectivity index (χ3n) is 2.97. The summed E-state index contributed by atoms with van der Waals surface area (Å²) in [4.78, 5) is 4.17. The van der Waals surface area contributed by atoms with E-state index in [1.807, 2.05) is 0 Å². The van der Waals surface area contributed by atoms with Gasteiger partial charge in [-0.25, -0.2) is 9.37 Å². The van der Waals surface area contributed by atoms with Gasteiger partial charge in [0, 0.05) is 25.0 Å². The van der Waals surface area contributed by atoms with Crippen LogP contribution >= 0.6 is 11.6 Å². The molecule has 0 spiro atoms. The first-order chi connectivity index (χ1) is 9.59. The molecule has 0 saturated carbocycles. The van der Waals surface area contributed by atoms with Crippen molar-refractivity contribution >= 4 is 17.5 Å². The van der Waals surface area contributed by atoms with Gasteiger partial charge in [-0.1, -0.05) is 28.9 Å². The molecule has 0 bridgehead atoms. The summed E-state index contributed by atoms with van der Waals surface area (Å²) in [7, 11) is 1.80. The standard InChI is InChI=1S/C13H10ClFN4O/c1-19-6-5-17-13(19)11-9(12(16)20-18-11)7-3-2-4-8(14)10(7)15/h2-6H,16H2,1H3. The van der Waals surface area contributed by atoms with Gasteiger partial charge in [0.25, 0.3) is 0 Å². The molecule has 0 unspecified atom stereocenters. The first-order valence-corrected chi connectivity index (χ1v) is 6.14. The molecular weight excluding hydrogens is 283 g/mol. The van der Waals surface area contributed by atoms with E-state index in [0.29, 0.717) is 17.1 Å². The maximum Gasteiger partial charge on any atom is 0.230 e. The molecule has 2 aromatic heterocycles. The number of aryl methyl sites for hydroxylation is 1. The van der Waals surface area contributed by atoms with Crippen LogP contribution in [-0.4, -0.2) is 14.7 Å². The van der Waals surface area contributed by atoms with E-state index in [0.717, 1.165) is 0 Å². The van der Waals surface area contributed by atoms with Gasteiger partial charge in [-0.2, -0.15) is 0 Å². The van der Waals surface area contributed by atoms with Gasteiger partial charge in [0.05, 0.1) is 10.6 Å². The lowest BCUT2D eigenvalue weighted by atomic mass is 10.0. The van der Waals surface area contributed by atoms with Crippen molar-refractivity contribution in [3.05, 3.63) is 41.4 Å². The summed E-state index contributed by atoms with van der Waals surface area (Å²) in [6.07, 6.45) is 3.36. The van der Waals surface area contributed by atoms with E-state index >= 15 is 0 Å². The average Bonchev–Trinajstić information content (AvgIpc) is 2.99. The van der Waals surface area contributed by atoms with E-state index in [-0.39, 0.29) is 16.5 Å². The molecule has 5 nitrogen and oxygen atoms in total. The van der Waals surface area contributed by atoms with Crippen LogP contribution in [0.2, 0.25) is 5.02 Å². The molecule has 3 aromatic rings. The average molecular weight is 293 g/mol. The van der Waals surface area contributed by atoms with Gasteiger partial charge in [-0.15, -0.1) is 0 Å². The third-order valence-corrected chi connectivity index (χ3v) is 3.26. The Hall–Kier alpha value is -2.34. The van der Waals surface area contributed by atoms with E-state index in [1.54, 1.807) is 36.1 Å². The van der Waals surface area contributed by atoms with Gasteiger partial charge in [-0.05, 0) is 6.07 Å². The van der Waals surface area contributed by atoms with Crippen molar-refractivity contribution < 1.29 is 8.91 Å². The summed E-state index contributed by atoms with van der Waals surface area (Å²) in [5, 5.41) is 3.88. The fourth-order valence-electron chi connectivity index (χ4n) is 2.01. The molecule has 2 heterocycles. The van der Waals surface area contributed by atoms with Crippen LogP contribution in [0.15, 0.2) is 35.1 Å². The third kappa shape index (κ3) is 1.85.